The van der Waals surface area contributed by atoms with Gasteiger partial charge in [-0.3, -0.25) is 0 Å². The van der Waals surface area contributed by atoms with E-state index in [0.717, 1.165) is 19.3 Å². The van der Waals surface area contributed by atoms with Crippen molar-refractivity contribution in [2.45, 2.75) is 38.4 Å². The van der Waals surface area contributed by atoms with E-state index < -0.39 is 7.12 Å². The van der Waals surface area contributed by atoms with Gasteiger partial charge in [0.25, 0.3) is 0 Å². The Hall–Kier alpha value is -0.0151. The lowest BCUT2D eigenvalue weighted by atomic mass is 9.60. The van der Waals surface area contributed by atoms with Gasteiger partial charge in [-0.2, -0.15) is 0 Å². The van der Waals surface area contributed by atoms with Gasteiger partial charge in [-0.15, -0.1) is 0 Å². The molecule has 1 aliphatic rings. The molecule has 10 heavy (non-hydrogen) atoms. The van der Waals surface area contributed by atoms with Gasteiger partial charge >= 0.3 is 7.12 Å². The molecule has 0 aromatic carbocycles. The fraction of sp³-hybridized carbons (Fsp3) is 1.00. The summed E-state index contributed by atoms with van der Waals surface area (Å²) in [6.45, 7) is 2.10. The van der Waals surface area contributed by atoms with Gasteiger partial charge in [0.15, 0.2) is 0 Å². The fourth-order valence-electron chi connectivity index (χ4n) is 1.79. The van der Waals surface area contributed by atoms with Gasteiger partial charge in [0.1, 0.15) is 0 Å². The zero-order chi connectivity index (χ0) is 7.56. The molecular formula is C7H15BO2. The van der Waals surface area contributed by atoms with Crippen molar-refractivity contribution in [3.05, 3.63) is 0 Å². The van der Waals surface area contributed by atoms with E-state index in [1.807, 2.05) is 0 Å². The third-order valence-corrected chi connectivity index (χ3v) is 2.56. The molecule has 1 rings (SSSR count). The normalized spacial score (nSPS) is 33.9. The van der Waals surface area contributed by atoms with Crippen molar-refractivity contribution in [2.75, 3.05) is 0 Å². The van der Waals surface area contributed by atoms with Crippen LogP contribution in [0.3, 0.4) is 0 Å². The van der Waals surface area contributed by atoms with Crippen LogP contribution in [0.25, 0.3) is 0 Å². The van der Waals surface area contributed by atoms with E-state index in [1.54, 1.807) is 0 Å². The molecule has 58 valence electrons. The molecule has 0 radical (unpaired) electrons. The summed E-state index contributed by atoms with van der Waals surface area (Å²) in [7, 11) is -1.09. The van der Waals surface area contributed by atoms with Crippen LogP contribution in [0.4, 0.5) is 0 Å². The van der Waals surface area contributed by atoms with Crippen LogP contribution in [-0.2, 0) is 0 Å². The lowest BCUT2D eigenvalue weighted by Gasteiger charge is -2.27. The first-order valence-corrected chi connectivity index (χ1v) is 4.08. The average Bonchev–Trinajstić information content (AvgIpc) is 1.88. The molecule has 0 aromatic rings. The second kappa shape index (κ2) is 3.40. The Kier molecular flexibility index (Phi) is 2.75. The van der Waals surface area contributed by atoms with E-state index in [1.165, 1.54) is 6.42 Å². The molecule has 1 saturated carbocycles. The van der Waals surface area contributed by atoms with Gasteiger partial charge in [0.2, 0.25) is 0 Å². The summed E-state index contributed by atoms with van der Waals surface area (Å²) >= 11 is 0. The highest BCUT2D eigenvalue weighted by Crippen LogP contribution is 2.34. The Morgan fingerprint density at radius 2 is 1.80 bits per heavy atom. The van der Waals surface area contributed by atoms with E-state index in [0.29, 0.717) is 5.92 Å². The summed E-state index contributed by atoms with van der Waals surface area (Å²) in [6.07, 6.45) is 4.55. The zero-order valence-electron chi connectivity index (χ0n) is 6.45. The fourth-order valence-corrected chi connectivity index (χ4v) is 1.79. The highest BCUT2D eigenvalue weighted by molar-refractivity contribution is 6.43. The minimum Gasteiger partial charge on any atom is -0.427 e. The van der Waals surface area contributed by atoms with Crippen molar-refractivity contribution < 1.29 is 10.0 Å². The molecule has 0 saturated heterocycles. The van der Waals surface area contributed by atoms with E-state index in [2.05, 4.69) is 6.92 Å². The molecule has 1 aliphatic carbocycles. The molecule has 0 aromatic heterocycles. The second-order valence-electron chi connectivity index (χ2n) is 3.34. The lowest BCUT2D eigenvalue weighted by molar-refractivity contribution is 0.301. The summed E-state index contributed by atoms with van der Waals surface area (Å²) in [5.41, 5.74) is 0. The maximum Gasteiger partial charge on any atom is 0.455 e. The third-order valence-electron chi connectivity index (χ3n) is 2.56. The SMILES string of the molecule is C[C@@H]1CCCC[C@H]1B(O)O. The zero-order valence-corrected chi connectivity index (χ0v) is 6.45. The van der Waals surface area contributed by atoms with E-state index >= 15 is 0 Å². The van der Waals surface area contributed by atoms with Crippen LogP contribution in [0.5, 0.6) is 0 Å². The Labute approximate surface area is 62.4 Å². The van der Waals surface area contributed by atoms with E-state index in [9.17, 15) is 0 Å². The standard InChI is InChI=1S/C7H15BO2/c1-6-4-2-3-5-7(6)8(9)10/h6-7,9-10H,2-5H2,1H3/t6-,7-/m1/s1. The summed E-state index contributed by atoms with van der Waals surface area (Å²) in [5, 5.41) is 17.8. The monoisotopic (exact) mass is 142 g/mol. The van der Waals surface area contributed by atoms with Crippen molar-refractivity contribution in [3.8, 4) is 0 Å². The topological polar surface area (TPSA) is 40.5 Å². The number of hydrogen-bond acceptors (Lipinski definition) is 2. The number of hydrogen-bond donors (Lipinski definition) is 2. The second-order valence-corrected chi connectivity index (χ2v) is 3.34. The Morgan fingerprint density at radius 3 is 2.20 bits per heavy atom. The van der Waals surface area contributed by atoms with E-state index in [4.69, 9.17) is 10.0 Å². The molecule has 3 heteroatoms. The van der Waals surface area contributed by atoms with Crippen LogP contribution in [0, 0.1) is 5.92 Å². The molecule has 0 bridgehead atoms. The predicted octanol–water partition coefficient (Wildman–Crippen LogP) is 1.04. The third kappa shape index (κ3) is 1.73. The summed E-state index contributed by atoms with van der Waals surface area (Å²) in [4.78, 5) is 0. The van der Waals surface area contributed by atoms with Crippen molar-refractivity contribution in [2.24, 2.45) is 5.92 Å². The first kappa shape index (κ1) is 8.09. The lowest BCUT2D eigenvalue weighted by Crippen LogP contribution is -2.27. The Balaban J connectivity index is 2.40. The molecule has 0 amide bonds. The molecule has 0 heterocycles. The molecule has 0 aliphatic heterocycles. The summed E-state index contributed by atoms with van der Waals surface area (Å²) in [6, 6.07) is 0. The van der Waals surface area contributed by atoms with Crippen molar-refractivity contribution in [1.82, 2.24) is 0 Å². The molecule has 0 spiro atoms. The quantitative estimate of drug-likeness (QED) is 0.537. The van der Waals surface area contributed by atoms with Gasteiger partial charge in [0, 0.05) is 0 Å². The van der Waals surface area contributed by atoms with Crippen molar-refractivity contribution >= 4 is 7.12 Å². The minimum absolute atomic E-state index is 0.133. The van der Waals surface area contributed by atoms with Crippen molar-refractivity contribution in [3.63, 3.8) is 0 Å². The number of rotatable bonds is 1. The summed E-state index contributed by atoms with van der Waals surface area (Å²) in [5.74, 6) is 0.627. The molecule has 0 unspecified atom stereocenters. The predicted molar refractivity (Wildman–Crippen MR) is 41.6 cm³/mol. The van der Waals surface area contributed by atoms with Gasteiger partial charge < -0.3 is 10.0 Å². The van der Waals surface area contributed by atoms with Crippen LogP contribution in [-0.4, -0.2) is 17.2 Å². The van der Waals surface area contributed by atoms with Gasteiger partial charge in [-0.05, 0) is 11.7 Å². The Morgan fingerprint density at radius 1 is 1.20 bits per heavy atom. The van der Waals surface area contributed by atoms with Crippen LogP contribution < -0.4 is 0 Å². The first-order chi connectivity index (χ1) is 4.72. The summed E-state index contributed by atoms with van der Waals surface area (Å²) < 4.78 is 0. The largest absolute Gasteiger partial charge is 0.455 e. The van der Waals surface area contributed by atoms with Gasteiger partial charge in [-0.25, -0.2) is 0 Å². The van der Waals surface area contributed by atoms with Crippen molar-refractivity contribution in [1.29, 1.82) is 0 Å². The molecule has 2 nitrogen and oxygen atoms in total. The first-order valence-electron chi connectivity index (χ1n) is 4.08. The minimum atomic E-state index is -1.09. The van der Waals surface area contributed by atoms with Gasteiger partial charge in [-0.1, -0.05) is 32.6 Å². The van der Waals surface area contributed by atoms with Crippen LogP contribution in [0.2, 0.25) is 5.82 Å². The van der Waals surface area contributed by atoms with Gasteiger partial charge in [0.05, 0.1) is 0 Å². The smallest absolute Gasteiger partial charge is 0.427 e. The molecule has 2 atom stereocenters. The Bertz CT molecular complexity index is 106. The molecule has 1 fully saturated rings. The maximum absolute atomic E-state index is 8.90. The maximum atomic E-state index is 8.90. The highest BCUT2D eigenvalue weighted by atomic mass is 16.4. The van der Waals surface area contributed by atoms with Crippen LogP contribution >= 0.6 is 0 Å². The highest BCUT2D eigenvalue weighted by Gasteiger charge is 2.30. The molecular weight excluding hydrogens is 127 g/mol. The van der Waals surface area contributed by atoms with Crippen LogP contribution in [0.15, 0.2) is 0 Å². The van der Waals surface area contributed by atoms with Crippen LogP contribution in [0.1, 0.15) is 32.6 Å². The van der Waals surface area contributed by atoms with E-state index in [-0.39, 0.29) is 5.82 Å². The average molecular weight is 142 g/mol. The molecule has 2 N–H and O–H groups in total.